The predicted molar refractivity (Wildman–Crippen MR) is 121 cm³/mol. The van der Waals surface area contributed by atoms with E-state index in [-0.39, 0.29) is 24.6 Å². The standard InChI is InChI=1S/C22H24N4O4S/c1-14-22(31-15(2)24-14)17-7-10-21(28)26(25-17)12-11-23-20(27)9-6-16-5-8-18(29-3)19(13-16)30-4/h5-10,13H,11-12H2,1-4H3,(H,23,27)/b9-6-. The molecule has 9 heteroatoms. The highest BCUT2D eigenvalue weighted by molar-refractivity contribution is 7.15. The number of nitrogens with one attached hydrogen (secondary N) is 1. The van der Waals surface area contributed by atoms with Crippen LogP contribution in [-0.4, -0.2) is 41.4 Å². The third-order valence-corrected chi connectivity index (χ3v) is 5.56. The number of methoxy groups -OCH3 is 2. The Hall–Kier alpha value is -3.46. The predicted octanol–water partition coefficient (Wildman–Crippen LogP) is 2.83. The van der Waals surface area contributed by atoms with Crippen molar-refractivity contribution in [1.82, 2.24) is 20.1 Å². The van der Waals surface area contributed by atoms with E-state index >= 15 is 0 Å². The van der Waals surface area contributed by atoms with Crippen molar-refractivity contribution < 1.29 is 14.3 Å². The van der Waals surface area contributed by atoms with Crippen LogP contribution in [0.5, 0.6) is 11.5 Å². The minimum absolute atomic E-state index is 0.224. The Kier molecular flexibility index (Phi) is 7.19. The Morgan fingerprint density at radius 1 is 1.16 bits per heavy atom. The summed E-state index contributed by atoms with van der Waals surface area (Å²) < 4.78 is 11.8. The molecular formula is C22H24N4O4S. The third kappa shape index (κ3) is 5.58. The van der Waals surface area contributed by atoms with Crippen molar-refractivity contribution >= 4 is 23.3 Å². The van der Waals surface area contributed by atoms with Gasteiger partial charge >= 0.3 is 0 Å². The largest absolute Gasteiger partial charge is 0.493 e. The van der Waals surface area contributed by atoms with Crippen molar-refractivity contribution in [1.29, 1.82) is 0 Å². The normalized spacial score (nSPS) is 11.0. The van der Waals surface area contributed by atoms with Gasteiger partial charge in [-0.3, -0.25) is 9.59 Å². The Morgan fingerprint density at radius 3 is 2.61 bits per heavy atom. The Morgan fingerprint density at radius 2 is 1.94 bits per heavy atom. The van der Waals surface area contributed by atoms with Gasteiger partial charge in [0.2, 0.25) is 5.91 Å². The van der Waals surface area contributed by atoms with Gasteiger partial charge in [0.1, 0.15) is 5.69 Å². The van der Waals surface area contributed by atoms with Crippen LogP contribution in [0.4, 0.5) is 0 Å². The minimum Gasteiger partial charge on any atom is -0.493 e. The Bertz CT molecular complexity index is 1170. The molecule has 0 fully saturated rings. The molecule has 162 valence electrons. The van der Waals surface area contributed by atoms with E-state index in [1.807, 2.05) is 19.9 Å². The molecule has 2 aromatic heterocycles. The number of ether oxygens (including phenoxy) is 2. The highest BCUT2D eigenvalue weighted by atomic mass is 32.1. The summed E-state index contributed by atoms with van der Waals surface area (Å²) in [5.41, 5.74) is 2.16. The molecule has 0 bridgehead atoms. The summed E-state index contributed by atoms with van der Waals surface area (Å²) in [7, 11) is 3.12. The first-order chi connectivity index (χ1) is 14.9. The lowest BCUT2D eigenvalue weighted by atomic mass is 10.2. The molecule has 0 aliphatic heterocycles. The number of hydrogen-bond acceptors (Lipinski definition) is 7. The quantitative estimate of drug-likeness (QED) is 0.541. The zero-order valence-electron chi connectivity index (χ0n) is 17.8. The summed E-state index contributed by atoms with van der Waals surface area (Å²) in [6, 6.07) is 8.55. The molecule has 0 radical (unpaired) electrons. The van der Waals surface area contributed by atoms with Crippen molar-refractivity contribution in [2.75, 3.05) is 20.8 Å². The maximum Gasteiger partial charge on any atom is 0.266 e. The van der Waals surface area contributed by atoms with E-state index in [9.17, 15) is 9.59 Å². The van der Waals surface area contributed by atoms with Gasteiger partial charge in [0, 0.05) is 18.7 Å². The van der Waals surface area contributed by atoms with Gasteiger partial charge in [-0.2, -0.15) is 5.10 Å². The van der Waals surface area contributed by atoms with Gasteiger partial charge < -0.3 is 14.8 Å². The van der Waals surface area contributed by atoms with Crippen LogP contribution >= 0.6 is 11.3 Å². The van der Waals surface area contributed by atoms with Gasteiger partial charge in [-0.25, -0.2) is 9.67 Å². The molecule has 0 saturated carbocycles. The van der Waals surface area contributed by atoms with Gasteiger partial charge in [-0.15, -0.1) is 11.3 Å². The smallest absolute Gasteiger partial charge is 0.266 e. The van der Waals surface area contributed by atoms with Crippen molar-refractivity contribution in [2.45, 2.75) is 20.4 Å². The average molecular weight is 441 g/mol. The van der Waals surface area contributed by atoms with Crippen molar-refractivity contribution in [2.24, 2.45) is 0 Å². The SMILES string of the molecule is COc1ccc(/C=C\C(=O)NCCn2nc(-c3sc(C)nc3C)ccc2=O)cc1OC. The van der Waals surface area contributed by atoms with Crippen LogP contribution in [0.15, 0.2) is 41.2 Å². The molecule has 0 aliphatic carbocycles. The van der Waals surface area contributed by atoms with Crippen molar-refractivity contribution in [3.8, 4) is 22.1 Å². The molecule has 0 saturated heterocycles. The van der Waals surface area contributed by atoms with Gasteiger partial charge in [0.25, 0.3) is 5.56 Å². The second-order valence-electron chi connectivity index (χ2n) is 6.67. The topological polar surface area (TPSA) is 95.3 Å². The van der Waals surface area contributed by atoms with Crippen LogP contribution < -0.4 is 20.3 Å². The number of carbonyl (C=O) groups is 1. The molecule has 8 nitrogen and oxygen atoms in total. The minimum atomic E-state index is -0.270. The van der Waals surface area contributed by atoms with Crippen LogP contribution in [0, 0.1) is 13.8 Å². The maximum atomic E-state index is 12.1. The molecule has 0 unspecified atom stereocenters. The number of amides is 1. The van der Waals surface area contributed by atoms with Crippen LogP contribution in [-0.2, 0) is 11.3 Å². The maximum absolute atomic E-state index is 12.1. The van der Waals surface area contributed by atoms with E-state index in [1.165, 1.54) is 28.2 Å². The fourth-order valence-corrected chi connectivity index (χ4v) is 3.86. The second kappa shape index (κ2) is 10.0. The van der Waals surface area contributed by atoms with Crippen LogP contribution in [0.25, 0.3) is 16.6 Å². The monoisotopic (exact) mass is 440 g/mol. The molecule has 0 atom stereocenters. The summed E-state index contributed by atoms with van der Waals surface area (Å²) in [5, 5.41) is 8.13. The first-order valence-corrected chi connectivity index (χ1v) is 10.4. The molecule has 0 spiro atoms. The number of carbonyl (C=O) groups excluding carboxylic acids is 1. The molecule has 0 aliphatic rings. The van der Waals surface area contributed by atoms with E-state index in [2.05, 4.69) is 15.4 Å². The number of rotatable bonds is 8. The lowest BCUT2D eigenvalue weighted by Crippen LogP contribution is -2.31. The molecular weight excluding hydrogens is 416 g/mol. The fourth-order valence-electron chi connectivity index (χ4n) is 2.97. The summed E-state index contributed by atoms with van der Waals surface area (Å²) in [4.78, 5) is 29.6. The molecule has 3 rings (SSSR count). The molecule has 1 amide bonds. The van der Waals surface area contributed by atoms with Gasteiger partial charge in [0.05, 0.1) is 36.3 Å². The third-order valence-electron chi connectivity index (χ3n) is 4.46. The number of thiazole rings is 1. The number of nitrogens with zero attached hydrogens (tertiary/aromatic N) is 3. The molecule has 3 aromatic rings. The molecule has 1 aromatic carbocycles. The summed E-state index contributed by atoms with van der Waals surface area (Å²) in [6.45, 7) is 4.38. The van der Waals surface area contributed by atoms with E-state index in [0.29, 0.717) is 17.2 Å². The van der Waals surface area contributed by atoms with Gasteiger partial charge in [-0.05, 0) is 43.7 Å². The first kappa shape index (κ1) is 22.2. The molecule has 1 N–H and O–H groups in total. The molecule has 31 heavy (non-hydrogen) atoms. The summed E-state index contributed by atoms with van der Waals surface area (Å²) >= 11 is 1.54. The van der Waals surface area contributed by atoms with Crippen LogP contribution in [0.1, 0.15) is 16.3 Å². The Balaban J connectivity index is 1.60. The van der Waals surface area contributed by atoms with E-state index in [4.69, 9.17) is 9.47 Å². The fraction of sp³-hybridized carbons (Fsp3) is 0.273. The highest BCUT2D eigenvalue weighted by Gasteiger charge is 2.11. The van der Waals surface area contributed by atoms with E-state index < -0.39 is 0 Å². The van der Waals surface area contributed by atoms with E-state index in [1.54, 1.807) is 38.5 Å². The highest BCUT2D eigenvalue weighted by Crippen LogP contribution is 2.28. The van der Waals surface area contributed by atoms with Crippen LogP contribution in [0.2, 0.25) is 0 Å². The average Bonchev–Trinajstić information content (AvgIpc) is 3.11. The number of aromatic nitrogens is 3. The zero-order valence-corrected chi connectivity index (χ0v) is 18.7. The van der Waals surface area contributed by atoms with Gasteiger partial charge in [0.15, 0.2) is 11.5 Å². The number of aryl methyl sites for hydroxylation is 2. The summed E-state index contributed by atoms with van der Waals surface area (Å²) in [5.74, 6) is 0.933. The second-order valence-corrected chi connectivity index (χ2v) is 7.87. The summed E-state index contributed by atoms with van der Waals surface area (Å²) in [6.07, 6.45) is 3.11. The van der Waals surface area contributed by atoms with E-state index in [0.717, 1.165) is 21.1 Å². The Labute approximate surface area is 184 Å². The zero-order chi connectivity index (χ0) is 22.4. The first-order valence-electron chi connectivity index (χ1n) is 9.61. The van der Waals surface area contributed by atoms with Crippen molar-refractivity contribution in [3.63, 3.8) is 0 Å². The lowest BCUT2D eigenvalue weighted by molar-refractivity contribution is -0.116. The van der Waals surface area contributed by atoms with Crippen LogP contribution in [0.3, 0.4) is 0 Å². The lowest BCUT2D eigenvalue weighted by Gasteiger charge is -2.08. The number of benzene rings is 1. The number of hydrogen-bond donors (Lipinski definition) is 1. The van der Waals surface area contributed by atoms with Gasteiger partial charge in [-0.1, -0.05) is 6.07 Å². The molecule has 2 heterocycles. The van der Waals surface area contributed by atoms with Crippen molar-refractivity contribution in [3.05, 3.63) is 63.0 Å².